The van der Waals surface area contributed by atoms with Crippen LogP contribution in [0.3, 0.4) is 0 Å². The highest BCUT2D eigenvalue weighted by Gasteiger charge is 2.36. The standard InChI is InChI=1S/C38H42ClN3O6S/c1-47-32-20-22-33(23-21-32)49(45,46)42(34-18-9-10-19-36(34)48-2)27-37(43)41(26-29-14-11-15-30(39)24-29)35(25-28-12-5-3-6-13-28)38(44)40-31-16-7-4-8-17-31/h3,5-6,9-15,18-24,31,35H,4,7-8,16-17,25-27H2,1-2H3,(H,40,44). The topological polar surface area (TPSA) is 105 Å². The van der Waals surface area contributed by atoms with Gasteiger partial charge in [0.2, 0.25) is 11.8 Å². The van der Waals surface area contributed by atoms with Crippen molar-refractivity contribution in [1.29, 1.82) is 0 Å². The molecule has 1 aliphatic carbocycles. The third kappa shape index (κ3) is 9.13. The van der Waals surface area contributed by atoms with E-state index in [1.165, 1.54) is 31.3 Å². The molecule has 0 aromatic heterocycles. The first-order chi connectivity index (χ1) is 23.7. The van der Waals surface area contributed by atoms with E-state index in [4.69, 9.17) is 21.1 Å². The van der Waals surface area contributed by atoms with Crippen LogP contribution in [0.5, 0.6) is 11.5 Å². The number of carbonyl (C=O) groups is 2. The predicted octanol–water partition coefficient (Wildman–Crippen LogP) is 6.64. The maximum atomic E-state index is 14.8. The van der Waals surface area contributed by atoms with Gasteiger partial charge in [-0.15, -0.1) is 0 Å². The van der Waals surface area contributed by atoms with Crippen LogP contribution in [-0.4, -0.2) is 58.0 Å². The Kier molecular flexibility index (Phi) is 12.2. The molecule has 0 saturated heterocycles. The van der Waals surface area contributed by atoms with Crippen molar-refractivity contribution in [2.45, 2.75) is 62.0 Å². The van der Waals surface area contributed by atoms with E-state index in [0.29, 0.717) is 16.3 Å². The number of halogens is 1. The van der Waals surface area contributed by atoms with Gasteiger partial charge in [-0.1, -0.05) is 85.5 Å². The summed E-state index contributed by atoms with van der Waals surface area (Å²) < 4.78 is 40.6. The van der Waals surface area contributed by atoms with E-state index in [2.05, 4.69) is 5.32 Å². The van der Waals surface area contributed by atoms with Gasteiger partial charge in [0, 0.05) is 24.0 Å². The molecular weight excluding hydrogens is 662 g/mol. The minimum Gasteiger partial charge on any atom is -0.497 e. The fraction of sp³-hybridized carbons (Fsp3) is 0.316. The van der Waals surface area contributed by atoms with Crippen molar-refractivity contribution in [2.24, 2.45) is 0 Å². The van der Waals surface area contributed by atoms with Crippen LogP contribution in [0.25, 0.3) is 0 Å². The van der Waals surface area contributed by atoms with Gasteiger partial charge in [-0.3, -0.25) is 13.9 Å². The van der Waals surface area contributed by atoms with Crippen molar-refractivity contribution in [3.63, 3.8) is 0 Å². The summed E-state index contributed by atoms with van der Waals surface area (Å²) in [5.74, 6) is -0.0976. The second kappa shape index (κ2) is 16.7. The van der Waals surface area contributed by atoms with Gasteiger partial charge in [-0.2, -0.15) is 0 Å². The number of para-hydroxylation sites is 2. The third-order valence-corrected chi connectivity index (χ3v) is 10.8. The van der Waals surface area contributed by atoms with Crippen LogP contribution in [0.15, 0.2) is 108 Å². The summed E-state index contributed by atoms with van der Waals surface area (Å²) in [6, 6.07) is 28.2. The molecular formula is C38H42ClN3O6S. The summed E-state index contributed by atoms with van der Waals surface area (Å²) >= 11 is 6.36. The molecule has 1 unspecified atom stereocenters. The van der Waals surface area contributed by atoms with E-state index < -0.39 is 28.5 Å². The number of ether oxygens (including phenoxy) is 2. The van der Waals surface area contributed by atoms with Crippen molar-refractivity contribution in [3.8, 4) is 11.5 Å². The second-order valence-corrected chi connectivity index (χ2v) is 14.4. The number of methoxy groups -OCH3 is 2. The first kappa shape index (κ1) is 35.8. The van der Waals surface area contributed by atoms with E-state index >= 15 is 0 Å². The molecule has 258 valence electrons. The van der Waals surface area contributed by atoms with Crippen LogP contribution < -0.4 is 19.1 Å². The normalized spacial score (nSPS) is 14.0. The number of nitrogens with one attached hydrogen (secondary N) is 1. The monoisotopic (exact) mass is 703 g/mol. The average Bonchev–Trinajstić information content (AvgIpc) is 3.12. The van der Waals surface area contributed by atoms with Crippen LogP contribution in [0.1, 0.15) is 43.2 Å². The first-order valence-corrected chi connectivity index (χ1v) is 18.2. The van der Waals surface area contributed by atoms with E-state index in [9.17, 15) is 18.0 Å². The maximum Gasteiger partial charge on any atom is 0.264 e. The van der Waals surface area contributed by atoms with Crippen molar-refractivity contribution >= 4 is 39.1 Å². The molecule has 0 aliphatic heterocycles. The molecule has 4 aromatic rings. The van der Waals surface area contributed by atoms with Gasteiger partial charge >= 0.3 is 0 Å². The van der Waals surface area contributed by atoms with E-state index in [0.717, 1.165) is 42.0 Å². The predicted molar refractivity (Wildman–Crippen MR) is 191 cm³/mol. The molecule has 1 N–H and O–H groups in total. The number of benzene rings is 4. The highest BCUT2D eigenvalue weighted by molar-refractivity contribution is 7.92. The third-order valence-electron chi connectivity index (χ3n) is 8.74. The molecule has 11 heteroatoms. The molecule has 49 heavy (non-hydrogen) atoms. The Balaban J connectivity index is 1.58. The Morgan fingerprint density at radius 2 is 1.51 bits per heavy atom. The number of anilines is 1. The molecule has 0 spiro atoms. The number of sulfonamides is 1. The lowest BCUT2D eigenvalue weighted by Crippen LogP contribution is -2.55. The smallest absolute Gasteiger partial charge is 0.264 e. The number of rotatable bonds is 14. The van der Waals surface area contributed by atoms with Crippen LogP contribution in [0.4, 0.5) is 5.69 Å². The first-order valence-electron chi connectivity index (χ1n) is 16.4. The SMILES string of the molecule is COc1ccc(S(=O)(=O)N(CC(=O)N(Cc2cccc(Cl)c2)C(Cc2ccccc2)C(=O)NC2CCCCC2)c2ccccc2OC)cc1. The van der Waals surface area contributed by atoms with E-state index in [1.807, 2.05) is 36.4 Å². The molecule has 5 rings (SSSR count). The van der Waals surface area contributed by atoms with Crippen LogP contribution in [0.2, 0.25) is 5.02 Å². The zero-order chi connectivity index (χ0) is 34.8. The maximum absolute atomic E-state index is 14.8. The summed E-state index contributed by atoms with van der Waals surface area (Å²) in [4.78, 5) is 30.5. The van der Waals surface area contributed by atoms with Gasteiger partial charge in [0.15, 0.2) is 0 Å². The summed E-state index contributed by atoms with van der Waals surface area (Å²) in [5.41, 5.74) is 1.75. The van der Waals surface area contributed by atoms with Gasteiger partial charge in [0.05, 0.1) is 24.8 Å². The summed E-state index contributed by atoms with van der Waals surface area (Å²) in [6.45, 7) is -0.575. The van der Waals surface area contributed by atoms with E-state index in [-0.39, 0.29) is 41.2 Å². The summed E-state index contributed by atoms with van der Waals surface area (Å²) in [5, 5.41) is 3.70. The summed E-state index contributed by atoms with van der Waals surface area (Å²) in [6.07, 6.45) is 5.14. The second-order valence-electron chi connectivity index (χ2n) is 12.1. The Hall–Kier alpha value is -4.54. The van der Waals surface area contributed by atoms with Gasteiger partial charge in [0.25, 0.3) is 10.0 Å². The Labute approximate surface area is 293 Å². The molecule has 9 nitrogen and oxygen atoms in total. The highest BCUT2D eigenvalue weighted by atomic mass is 35.5. The largest absolute Gasteiger partial charge is 0.497 e. The molecule has 1 saturated carbocycles. The Morgan fingerprint density at radius 1 is 0.837 bits per heavy atom. The molecule has 0 bridgehead atoms. The lowest BCUT2D eigenvalue weighted by Gasteiger charge is -2.35. The number of carbonyl (C=O) groups excluding carboxylic acids is 2. The zero-order valence-corrected chi connectivity index (χ0v) is 29.3. The van der Waals surface area contributed by atoms with Crippen molar-refractivity contribution in [3.05, 3.63) is 119 Å². The van der Waals surface area contributed by atoms with Gasteiger partial charge in [-0.05, 0) is 72.5 Å². The lowest BCUT2D eigenvalue weighted by molar-refractivity contribution is -0.140. The molecule has 4 aromatic carbocycles. The Morgan fingerprint density at radius 3 is 2.18 bits per heavy atom. The lowest BCUT2D eigenvalue weighted by atomic mass is 9.94. The molecule has 1 atom stereocenters. The molecule has 1 aliphatic rings. The zero-order valence-electron chi connectivity index (χ0n) is 27.8. The quantitative estimate of drug-likeness (QED) is 0.158. The summed E-state index contributed by atoms with van der Waals surface area (Å²) in [7, 11) is -1.38. The molecule has 0 heterocycles. The van der Waals surface area contributed by atoms with Gasteiger partial charge < -0.3 is 19.7 Å². The number of nitrogens with zero attached hydrogens (tertiary/aromatic N) is 2. The van der Waals surface area contributed by atoms with Gasteiger partial charge in [-0.25, -0.2) is 8.42 Å². The number of hydrogen-bond acceptors (Lipinski definition) is 6. The number of hydrogen-bond donors (Lipinski definition) is 1. The molecule has 2 amide bonds. The van der Waals surface area contributed by atoms with Crippen LogP contribution >= 0.6 is 11.6 Å². The van der Waals surface area contributed by atoms with Crippen molar-refractivity contribution < 1.29 is 27.5 Å². The minimum absolute atomic E-state index is 0.00294. The van der Waals surface area contributed by atoms with Crippen molar-refractivity contribution in [2.75, 3.05) is 25.1 Å². The average molecular weight is 704 g/mol. The molecule has 0 radical (unpaired) electrons. The van der Waals surface area contributed by atoms with Crippen molar-refractivity contribution in [1.82, 2.24) is 10.2 Å². The number of amides is 2. The van der Waals surface area contributed by atoms with Crippen LogP contribution in [0, 0.1) is 0 Å². The fourth-order valence-corrected chi connectivity index (χ4v) is 7.79. The van der Waals surface area contributed by atoms with Crippen LogP contribution in [-0.2, 0) is 32.6 Å². The Bertz CT molecular complexity index is 1810. The highest BCUT2D eigenvalue weighted by Crippen LogP contribution is 2.33. The minimum atomic E-state index is -4.32. The van der Waals surface area contributed by atoms with E-state index in [1.54, 1.807) is 54.6 Å². The van der Waals surface area contributed by atoms with Gasteiger partial charge in [0.1, 0.15) is 24.1 Å². The fourth-order valence-electron chi connectivity index (χ4n) is 6.15. The molecule has 1 fully saturated rings.